The van der Waals surface area contributed by atoms with Gasteiger partial charge in [-0.3, -0.25) is 4.79 Å². The first-order valence-corrected chi connectivity index (χ1v) is 11.5. The predicted molar refractivity (Wildman–Crippen MR) is 108 cm³/mol. The number of nitrogens with one attached hydrogen (secondary N) is 1. The van der Waals surface area contributed by atoms with Crippen molar-refractivity contribution in [2.75, 3.05) is 46.9 Å². The van der Waals surface area contributed by atoms with Crippen LogP contribution in [0.15, 0.2) is 46.0 Å². The number of rotatable bonds is 7. The SMILES string of the molecule is COc1cccc(CN(C)C(=O)C[NH+]2CCN(S(=O)(=O)c3cccs3)CC2)c1. The van der Waals surface area contributed by atoms with Crippen LogP contribution in [0.5, 0.6) is 5.75 Å². The predicted octanol–water partition coefficient (Wildman–Crippen LogP) is 0.305. The summed E-state index contributed by atoms with van der Waals surface area (Å²) in [6.07, 6.45) is 0. The second-order valence-electron chi connectivity index (χ2n) is 6.86. The fourth-order valence-electron chi connectivity index (χ4n) is 3.24. The number of quaternary nitrogens is 1. The second-order valence-corrected chi connectivity index (χ2v) is 9.98. The van der Waals surface area contributed by atoms with Gasteiger partial charge in [0.25, 0.3) is 15.9 Å². The Hall–Kier alpha value is -1.94. The first kappa shape index (κ1) is 20.8. The highest BCUT2D eigenvalue weighted by molar-refractivity contribution is 7.91. The third-order valence-electron chi connectivity index (χ3n) is 4.90. The Bertz CT molecular complexity index is 892. The number of methoxy groups -OCH3 is 1. The highest BCUT2D eigenvalue weighted by Gasteiger charge is 2.32. The van der Waals surface area contributed by atoms with Gasteiger partial charge in [-0.25, -0.2) is 8.42 Å². The van der Waals surface area contributed by atoms with Gasteiger partial charge in [0.2, 0.25) is 0 Å². The topological polar surface area (TPSA) is 71.4 Å². The largest absolute Gasteiger partial charge is 0.497 e. The van der Waals surface area contributed by atoms with E-state index < -0.39 is 10.0 Å². The van der Waals surface area contributed by atoms with E-state index in [0.717, 1.165) is 16.2 Å². The van der Waals surface area contributed by atoms with Gasteiger partial charge >= 0.3 is 0 Å². The average molecular weight is 425 g/mol. The molecular weight excluding hydrogens is 398 g/mol. The van der Waals surface area contributed by atoms with Gasteiger partial charge in [-0.05, 0) is 29.1 Å². The van der Waals surface area contributed by atoms with E-state index in [1.165, 1.54) is 15.6 Å². The fourth-order valence-corrected chi connectivity index (χ4v) is 5.82. The van der Waals surface area contributed by atoms with E-state index in [2.05, 4.69) is 0 Å². The van der Waals surface area contributed by atoms with E-state index in [9.17, 15) is 13.2 Å². The molecule has 1 fully saturated rings. The fraction of sp³-hybridized carbons (Fsp3) is 0.421. The number of carbonyl (C=O) groups is 1. The van der Waals surface area contributed by atoms with Crippen molar-refractivity contribution in [2.24, 2.45) is 0 Å². The minimum atomic E-state index is -3.40. The second kappa shape index (κ2) is 9.04. The molecule has 0 aliphatic carbocycles. The lowest BCUT2D eigenvalue weighted by Gasteiger charge is -2.31. The molecule has 0 saturated carbocycles. The van der Waals surface area contributed by atoms with Crippen molar-refractivity contribution >= 4 is 27.3 Å². The Balaban J connectivity index is 1.50. The smallest absolute Gasteiger partial charge is 0.277 e. The normalized spacial score (nSPS) is 16.1. The van der Waals surface area contributed by atoms with Gasteiger partial charge in [-0.1, -0.05) is 18.2 Å². The van der Waals surface area contributed by atoms with Crippen molar-refractivity contribution < 1.29 is 22.8 Å². The Morgan fingerprint density at radius 1 is 1.25 bits per heavy atom. The number of likely N-dealkylation sites (N-methyl/N-ethyl adjacent to an activating group) is 1. The number of thiophene rings is 1. The van der Waals surface area contributed by atoms with E-state index in [0.29, 0.717) is 43.5 Å². The maximum Gasteiger partial charge on any atom is 0.277 e. The van der Waals surface area contributed by atoms with Crippen molar-refractivity contribution in [1.82, 2.24) is 9.21 Å². The zero-order valence-electron chi connectivity index (χ0n) is 16.1. The van der Waals surface area contributed by atoms with Crippen molar-refractivity contribution in [3.63, 3.8) is 0 Å². The molecule has 1 saturated heterocycles. The van der Waals surface area contributed by atoms with Gasteiger partial charge in [-0.2, -0.15) is 4.31 Å². The Morgan fingerprint density at radius 2 is 2.00 bits per heavy atom. The lowest BCUT2D eigenvalue weighted by Crippen LogP contribution is -3.15. The molecule has 1 N–H and O–H groups in total. The number of ether oxygens (including phenoxy) is 1. The van der Waals surface area contributed by atoms with Crippen LogP contribution in [0, 0.1) is 0 Å². The summed E-state index contributed by atoms with van der Waals surface area (Å²) >= 11 is 1.24. The quantitative estimate of drug-likeness (QED) is 0.694. The monoisotopic (exact) mass is 424 g/mol. The van der Waals surface area contributed by atoms with Gasteiger partial charge in [0.05, 0.1) is 33.3 Å². The van der Waals surface area contributed by atoms with E-state index in [-0.39, 0.29) is 5.91 Å². The molecule has 28 heavy (non-hydrogen) atoms. The summed E-state index contributed by atoms with van der Waals surface area (Å²) in [5.41, 5.74) is 1.01. The van der Waals surface area contributed by atoms with Gasteiger partial charge < -0.3 is 14.5 Å². The summed E-state index contributed by atoms with van der Waals surface area (Å²) in [6, 6.07) is 11.1. The van der Waals surface area contributed by atoms with Crippen molar-refractivity contribution in [3.05, 3.63) is 47.3 Å². The standard InChI is InChI=1S/C19H25N3O4S2/c1-20(14-16-5-3-6-17(13-16)26-2)18(23)15-21-8-10-22(11-9-21)28(24,25)19-7-4-12-27-19/h3-7,12-13H,8-11,14-15H2,1-2H3/p+1. The molecule has 152 valence electrons. The van der Waals surface area contributed by atoms with Crippen LogP contribution in [0.25, 0.3) is 0 Å². The van der Waals surface area contributed by atoms with Crippen LogP contribution in [0.2, 0.25) is 0 Å². The van der Waals surface area contributed by atoms with Crippen LogP contribution in [-0.4, -0.2) is 70.4 Å². The molecule has 7 nitrogen and oxygen atoms in total. The molecule has 0 bridgehead atoms. The molecule has 1 aliphatic heterocycles. The summed E-state index contributed by atoms with van der Waals surface area (Å²) in [5.74, 6) is 0.819. The van der Waals surface area contributed by atoms with E-state index in [4.69, 9.17) is 4.74 Å². The van der Waals surface area contributed by atoms with E-state index >= 15 is 0 Å². The molecule has 0 unspecified atom stereocenters. The number of hydrogen-bond donors (Lipinski definition) is 1. The molecule has 1 aromatic carbocycles. The lowest BCUT2D eigenvalue weighted by atomic mass is 10.2. The third kappa shape index (κ3) is 4.91. The Morgan fingerprint density at radius 3 is 2.64 bits per heavy atom. The first-order valence-electron chi connectivity index (χ1n) is 9.14. The summed E-state index contributed by atoms with van der Waals surface area (Å²) in [5, 5.41) is 1.77. The molecule has 1 amide bonds. The molecular formula is C19H26N3O4S2+. The summed E-state index contributed by atoms with van der Waals surface area (Å²) in [7, 11) is 0.00815. The third-order valence-corrected chi connectivity index (χ3v) is 8.17. The van der Waals surface area contributed by atoms with Crippen LogP contribution >= 0.6 is 11.3 Å². The molecule has 2 aromatic rings. The van der Waals surface area contributed by atoms with Crippen LogP contribution < -0.4 is 9.64 Å². The van der Waals surface area contributed by atoms with Gasteiger partial charge in [-0.15, -0.1) is 11.3 Å². The first-order chi connectivity index (χ1) is 13.4. The zero-order chi connectivity index (χ0) is 20.1. The lowest BCUT2D eigenvalue weighted by molar-refractivity contribution is -0.896. The van der Waals surface area contributed by atoms with E-state index in [1.54, 1.807) is 36.6 Å². The number of piperazine rings is 1. The highest BCUT2D eigenvalue weighted by Crippen LogP contribution is 2.20. The minimum absolute atomic E-state index is 0.0485. The van der Waals surface area contributed by atoms with Crippen molar-refractivity contribution in [3.8, 4) is 5.75 Å². The van der Waals surface area contributed by atoms with E-state index in [1.807, 2.05) is 24.3 Å². The summed E-state index contributed by atoms with van der Waals surface area (Å²) < 4.78 is 32.3. The molecule has 0 atom stereocenters. The van der Waals surface area contributed by atoms with Crippen LogP contribution in [-0.2, 0) is 21.4 Å². The minimum Gasteiger partial charge on any atom is -0.497 e. The molecule has 9 heteroatoms. The average Bonchev–Trinajstić information content (AvgIpc) is 3.24. The van der Waals surface area contributed by atoms with Crippen LogP contribution in [0.4, 0.5) is 0 Å². The van der Waals surface area contributed by atoms with Crippen molar-refractivity contribution in [2.45, 2.75) is 10.8 Å². The summed E-state index contributed by atoms with van der Waals surface area (Å²) in [6.45, 7) is 3.01. The Labute approximate surface area is 170 Å². The molecule has 0 radical (unpaired) electrons. The Kier molecular flexibility index (Phi) is 6.71. The number of carbonyl (C=O) groups excluding carboxylic acids is 1. The molecule has 1 aromatic heterocycles. The van der Waals surface area contributed by atoms with Gasteiger partial charge in [0, 0.05) is 13.6 Å². The number of amides is 1. The number of sulfonamides is 1. The highest BCUT2D eigenvalue weighted by atomic mass is 32.2. The van der Waals surface area contributed by atoms with Gasteiger partial charge in [0.15, 0.2) is 6.54 Å². The molecule has 3 rings (SSSR count). The number of benzene rings is 1. The van der Waals surface area contributed by atoms with Crippen LogP contribution in [0.3, 0.4) is 0 Å². The molecule has 0 spiro atoms. The summed E-state index contributed by atoms with van der Waals surface area (Å²) in [4.78, 5) is 15.4. The van der Waals surface area contributed by atoms with Crippen molar-refractivity contribution in [1.29, 1.82) is 0 Å². The number of nitrogens with zero attached hydrogens (tertiary/aromatic N) is 2. The molecule has 2 heterocycles. The van der Waals surface area contributed by atoms with Gasteiger partial charge in [0.1, 0.15) is 9.96 Å². The zero-order valence-corrected chi connectivity index (χ0v) is 17.8. The number of hydrogen-bond acceptors (Lipinski definition) is 5. The van der Waals surface area contributed by atoms with Crippen LogP contribution in [0.1, 0.15) is 5.56 Å². The maximum atomic E-state index is 12.6. The maximum absolute atomic E-state index is 12.6. The molecule has 1 aliphatic rings.